The van der Waals surface area contributed by atoms with Crippen molar-refractivity contribution < 1.29 is 0 Å². The molecule has 0 aliphatic heterocycles. The highest BCUT2D eigenvalue weighted by Gasteiger charge is 2.24. The summed E-state index contributed by atoms with van der Waals surface area (Å²) >= 11 is 6.00. The molecule has 1 fully saturated rings. The monoisotopic (exact) mass is 237 g/mol. The summed E-state index contributed by atoms with van der Waals surface area (Å²) in [6, 6.07) is 9.12. The number of halogens is 1. The second-order valence-electron chi connectivity index (χ2n) is 4.92. The first-order chi connectivity index (χ1) is 7.66. The van der Waals surface area contributed by atoms with E-state index in [2.05, 4.69) is 25.2 Å². The zero-order chi connectivity index (χ0) is 11.5. The zero-order valence-corrected chi connectivity index (χ0v) is 10.8. The molecule has 0 amide bonds. The van der Waals surface area contributed by atoms with Crippen LogP contribution in [0.4, 0.5) is 0 Å². The summed E-state index contributed by atoms with van der Waals surface area (Å²) in [7, 11) is 0. The summed E-state index contributed by atoms with van der Waals surface area (Å²) in [5.74, 6) is 0.877. The molecule has 0 heterocycles. The Morgan fingerprint density at radius 1 is 1.31 bits per heavy atom. The van der Waals surface area contributed by atoms with Crippen LogP contribution < -0.4 is 5.32 Å². The van der Waals surface area contributed by atoms with Crippen molar-refractivity contribution in [3.63, 3.8) is 0 Å². The van der Waals surface area contributed by atoms with E-state index in [-0.39, 0.29) is 0 Å². The summed E-state index contributed by atoms with van der Waals surface area (Å²) in [4.78, 5) is 0. The molecule has 1 aromatic rings. The van der Waals surface area contributed by atoms with Crippen LogP contribution in [0, 0.1) is 5.92 Å². The fraction of sp³-hybridized carbons (Fsp3) is 0.571. The predicted molar refractivity (Wildman–Crippen MR) is 69.8 cm³/mol. The van der Waals surface area contributed by atoms with Gasteiger partial charge in [0.1, 0.15) is 0 Å². The van der Waals surface area contributed by atoms with E-state index in [4.69, 9.17) is 11.6 Å². The van der Waals surface area contributed by atoms with Crippen LogP contribution in [0.5, 0.6) is 0 Å². The third-order valence-electron chi connectivity index (χ3n) is 3.72. The maximum atomic E-state index is 6.00. The number of hydrogen-bond acceptors (Lipinski definition) is 1. The minimum Gasteiger partial charge on any atom is -0.307 e. The average molecular weight is 238 g/mol. The Hall–Kier alpha value is -0.530. The third kappa shape index (κ3) is 2.78. The van der Waals surface area contributed by atoms with Gasteiger partial charge >= 0.3 is 0 Å². The molecule has 1 N–H and O–H groups in total. The maximum Gasteiger partial charge on any atom is 0.0409 e. The van der Waals surface area contributed by atoms with Gasteiger partial charge in [-0.25, -0.2) is 0 Å². The molecule has 1 aromatic carbocycles. The molecule has 1 saturated carbocycles. The number of rotatable bonds is 4. The first-order valence-electron chi connectivity index (χ1n) is 6.18. The van der Waals surface area contributed by atoms with Crippen LogP contribution in [0.2, 0.25) is 5.02 Å². The fourth-order valence-corrected chi connectivity index (χ4v) is 2.54. The van der Waals surface area contributed by atoms with Gasteiger partial charge in [-0.15, -0.1) is 0 Å². The molecule has 0 aromatic heterocycles. The molecule has 16 heavy (non-hydrogen) atoms. The van der Waals surface area contributed by atoms with Crippen LogP contribution in [0.3, 0.4) is 0 Å². The summed E-state index contributed by atoms with van der Waals surface area (Å²) in [6.45, 7) is 4.51. The number of hydrogen-bond donors (Lipinski definition) is 1. The van der Waals surface area contributed by atoms with E-state index in [1.54, 1.807) is 0 Å². The van der Waals surface area contributed by atoms with Crippen molar-refractivity contribution in [3.05, 3.63) is 34.9 Å². The van der Waals surface area contributed by atoms with Gasteiger partial charge in [0.25, 0.3) is 0 Å². The number of nitrogens with one attached hydrogen (secondary N) is 1. The summed E-state index contributed by atoms with van der Waals surface area (Å²) in [5, 5.41) is 4.49. The number of benzene rings is 1. The smallest absolute Gasteiger partial charge is 0.0409 e. The Balaban J connectivity index is 1.93. The standard InChI is InChI=1S/C14H20ClN/c1-10(12-5-3-6-12)16-11(2)13-7-4-8-14(15)9-13/h4,7-12,16H,3,5-6H2,1-2H3. The summed E-state index contributed by atoms with van der Waals surface area (Å²) in [5.41, 5.74) is 1.28. The Morgan fingerprint density at radius 3 is 2.62 bits per heavy atom. The van der Waals surface area contributed by atoms with Gasteiger partial charge in [-0.1, -0.05) is 30.2 Å². The third-order valence-corrected chi connectivity index (χ3v) is 3.95. The van der Waals surface area contributed by atoms with Gasteiger partial charge in [-0.05, 0) is 50.3 Å². The van der Waals surface area contributed by atoms with E-state index in [0.717, 1.165) is 10.9 Å². The Bertz CT molecular complexity index is 346. The van der Waals surface area contributed by atoms with Crippen LogP contribution >= 0.6 is 11.6 Å². The lowest BCUT2D eigenvalue weighted by atomic mass is 9.80. The van der Waals surface area contributed by atoms with Gasteiger partial charge in [0, 0.05) is 17.1 Å². The molecule has 0 bridgehead atoms. The molecule has 0 radical (unpaired) electrons. The van der Waals surface area contributed by atoms with E-state index in [0.29, 0.717) is 12.1 Å². The van der Waals surface area contributed by atoms with Gasteiger partial charge < -0.3 is 5.32 Å². The minimum absolute atomic E-state index is 0.384. The molecule has 1 aliphatic rings. The Morgan fingerprint density at radius 2 is 2.06 bits per heavy atom. The van der Waals surface area contributed by atoms with E-state index in [9.17, 15) is 0 Å². The predicted octanol–water partition coefficient (Wildman–Crippen LogP) is 4.18. The second kappa shape index (κ2) is 5.20. The highest BCUT2D eigenvalue weighted by atomic mass is 35.5. The Kier molecular flexibility index (Phi) is 3.88. The van der Waals surface area contributed by atoms with Gasteiger partial charge in [0.05, 0.1) is 0 Å². The van der Waals surface area contributed by atoms with Crippen molar-refractivity contribution in [1.82, 2.24) is 5.32 Å². The fourth-order valence-electron chi connectivity index (χ4n) is 2.34. The first kappa shape index (κ1) is 11.9. The SMILES string of the molecule is CC(NC(C)C1CCC1)c1cccc(Cl)c1. The highest BCUT2D eigenvalue weighted by Crippen LogP contribution is 2.30. The van der Waals surface area contributed by atoms with Gasteiger partial charge in [-0.3, -0.25) is 0 Å². The highest BCUT2D eigenvalue weighted by molar-refractivity contribution is 6.30. The molecule has 1 nitrogen and oxygen atoms in total. The largest absolute Gasteiger partial charge is 0.307 e. The molecule has 2 heteroatoms. The molecular weight excluding hydrogens is 218 g/mol. The molecule has 88 valence electrons. The lowest BCUT2D eigenvalue weighted by Crippen LogP contribution is -2.38. The average Bonchev–Trinajstić information content (AvgIpc) is 2.14. The zero-order valence-electron chi connectivity index (χ0n) is 10.0. The van der Waals surface area contributed by atoms with Crippen LogP contribution in [0.15, 0.2) is 24.3 Å². The van der Waals surface area contributed by atoms with E-state index in [1.165, 1.54) is 24.8 Å². The summed E-state index contributed by atoms with van der Waals surface area (Å²) < 4.78 is 0. The molecule has 2 atom stereocenters. The maximum absolute atomic E-state index is 6.00. The van der Waals surface area contributed by atoms with Crippen molar-refractivity contribution in [2.75, 3.05) is 0 Å². The normalized spacial score (nSPS) is 20.2. The van der Waals surface area contributed by atoms with Crippen LogP contribution in [0.1, 0.15) is 44.7 Å². The molecular formula is C14H20ClN. The van der Waals surface area contributed by atoms with Crippen molar-refractivity contribution in [2.24, 2.45) is 5.92 Å². The van der Waals surface area contributed by atoms with E-state index >= 15 is 0 Å². The van der Waals surface area contributed by atoms with Crippen LogP contribution in [-0.2, 0) is 0 Å². The van der Waals surface area contributed by atoms with Gasteiger partial charge in [-0.2, -0.15) is 0 Å². The van der Waals surface area contributed by atoms with E-state index in [1.807, 2.05) is 18.2 Å². The molecule has 0 saturated heterocycles. The second-order valence-corrected chi connectivity index (χ2v) is 5.36. The Labute approximate surface area is 103 Å². The van der Waals surface area contributed by atoms with Crippen molar-refractivity contribution >= 4 is 11.6 Å². The first-order valence-corrected chi connectivity index (χ1v) is 6.56. The van der Waals surface area contributed by atoms with Crippen molar-refractivity contribution in [1.29, 1.82) is 0 Å². The van der Waals surface area contributed by atoms with E-state index < -0.39 is 0 Å². The van der Waals surface area contributed by atoms with Gasteiger partial charge in [0.2, 0.25) is 0 Å². The lowest BCUT2D eigenvalue weighted by molar-refractivity contribution is 0.230. The minimum atomic E-state index is 0.384. The van der Waals surface area contributed by atoms with Crippen molar-refractivity contribution in [2.45, 2.75) is 45.2 Å². The topological polar surface area (TPSA) is 12.0 Å². The lowest BCUT2D eigenvalue weighted by Gasteiger charge is -2.34. The molecule has 1 aliphatic carbocycles. The van der Waals surface area contributed by atoms with Crippen molar-refractivity contribution in [3.8, 4) is 0 Å². The van der Waals surface area contributed by atoms with Crippen LogP contribution in [0.25, 0.3) is 0 Å². The summed E-state index contributed by atoms with van der Waals surface area (Å²) in [6.07, 6.45) is 4.18. The molecule has 2 unspecified atom stereocenters. The molecule has 2 rings (SSSR count). The quantitative estimate of drug-likeness (QED) is 0.829. The van der Waals surface area contributed by atoms with Gasteiger partial charge in [0.15, 0.2) is 0 Å². The molecule has 0 spiro atoms. The van der Waals surface area contributed by atoms with Crippen LogP contribution in [-0.4, -0.2) is 6.04 Å².